The second-order valence-corrected chi connectivity index (χ2v) is 9.98. The van der Waals surface area contributed by atoms with Gasteiger partial charge in [0.15, 0.2) is 11.5 Å². The van der Waals surface area contributed by atoms with E-state index < -0.39 is 10.0 Å². The second-order valence-electron chi connectivity index (χ2n) is 8.07. The number of benzene rings is 2. The van der Waals surface area contributed by atoms with E-state index in [1.54, 1.807) is 20.3 Å². The number of ether oxygens (including phenoxy) is 2. The summed E-state index contributed by atoms with van der Waals surface area (Å²) in [5.74, 6) is 1.27. The number of aryl methyl sites for hydroxylation is 1. The highest BCUT2D eigenvalue weighted by molar-refractivity contribution is 7.92. The van der Waals surface area contributed by atoms with E-state index in [0.29, 0.717) is 24.5 Å². The molecule has 1 N–H and O–H groups in total. The van der Waals surface area contributed by atoms with E-state index in [2.05, 4.69) is 5.32 Å². The fourth-order valence-corrected chi connectivity index (χ4v) is 4.64. The van der Waals surface area contributed by atoms with Gasteiger partial charge >= 0.3 is 0 Å². The summed E-state index contributed by atoms with van der Waals surface area (Å²) in [7, 11) is -0.356. The Morgan fingerprint density at radius 1 is 1.09 bits per heavy atom. The summed E-state index contributed by atoms with van der Waals surface area (Å²) in [4.78, 5) is 12.4. The quantitative estimate of drug-likeness (QED) is 0.546. The molecule has 32 heavy (non-hydrogen) atoms. The van der Waals surface area contributed by atoms with Gasteiger partial charge in [-0.25, -0.2) is 8.42 Å². The normalized spacial score (nSPS) is 11.3. The molecule has 0 radical (unpaired) electrons. The molecule has 0 spiro atoms. The maximum absolute atomic E-state index is 12.6. The topological polar surface area (TPSA) is 84.9 Å². The zero-order valence-corrected chi connectivity index (χ0v) is 20.6. The van der Waals surface area contributed by atoms with E-state index in [1.165, 1.54) is 10.6 Å². The highest BCUT2D eigenvalue weighted by Crippen LogP contribution is 2.32. The first-order valence-corrected chi connectivity index (χ1v) is 12.5. The number of rotatable bonds is 11. The molecule has 0 saturated carbocycles. The molecule has 0 unspecified atom stereocenters. The Bertz CT molecular complexity index is 1030. The lowest BCUT2D eigenvalue weighted by Crippen LogP contribution is -2.33. The van der Waals surface area contributed by atoms with E-state index in [1.807, 2.05) is 51.1 Å². The monoisotopic (exact) mass is 462 g/mol. The maximum Gasteiger partial charge on any atom is 0.232 e. The minimum Gasteiger partial charge on any atom is -0.493 e. The molecule has 0 aromatic heterocycles. The Morgan fingerprint density at radius 2 is 1.78 bits per heavy atom. The van der Waals surface area contributed by atoms with Crippen LogP contribution in [0.15, 0.2) is 36.4 Å². The number of hydrogen-bond donors (Lipinski definition) is 1. The van der Waals surface area contributed by atoms with Crippen LogP contribution in [-0.2, 0) is 21.4 Å². The van der Waals surface area contributed by atoms with Gasteiger partial charge in [-0.2, -0.15) is 0 Å². The van der Waals surface area contributed by atoms with Crippen LogP contribution in [0.1, 0.15) is 49.3 Å². The lowest BCUT2D eigenvalue weighted by molar-refractivity contribution is -0.121. The van der Waals surface area contributed by atoms with Crippen molar-refractivity contribution in [3.63, 3.8) is 0 Å². The Hall–Kier alpha value is -2.74. The molecule has 2 rings (SSSR count). The van der Waals surface area contributed by atoms with Crippen molar-refractivity contribution in [3.05, 3.63) is 53.1 Å². The average Bonchev–Trinajstić information content (AvgIpc) is 2.74. The third kappa shape index (κ3) is 6.63. The molecule has 0 fully saturated rings. The van der Waals surface area contributed by atoms with Crippen molar-refractivity contribution in [1.29, 1.82) is 0 Å². The lowest BCUT2D eigenvalue weighted by Gasteiger charge is -2.28. The van der Waals surface area contributed by atoms with Crippen LogP contribution in [0.3, 0.4) is 0 Å². The van der Waals surface area contributed by atoms with Crippen LogP contribution in [0.25, 0.3) is 0 Å². The number of sulfonamides is 1. The number of hydrogen-bond acceptors (Lipinski definition) is 5. The number of methoxy groups -OCH3 is 2. The molecule has 8 heteroatoms. The predicted molar refractivity (Wildman–Crippen MR) is 128 cm³/mol. The van der Waals surface area contributed by atoms with E-state index in [9.17, 15) is 13.2 Å². The molecule has 0 aliphatic rings. The molecular formula is C24H34N2O5S. The van der Waals surface area contributed by atoms with Crippen molar-refractivity contribution >= 4 is 21.6 Å². The third-order valence-corrected chi connectivity index (χ3v) is 6.41. The van der Waals surface area contributed by atoms with Crippen molar-refractivity contribution < 1.29 is 22.7 Å². The molecule has 0 aliphatic heterocycles. The Labute approximate surface area is 191 Å². The van der Waals surface area contributed by atoms with Crippen molar-refractivity contribution in [2.24, 2.45) is 0 Å². The summed E-state index contributed by atoms with van der Waals surface area (Å²) in [5.41, 5.74) is 3.49. The molecule has 176 valence electrons. The Morgan fingerprint density at radius 3 is 2.38 bits per heavy atom. The van der Waals surface area contributed by atoms with Crippen LogP contribution in [0.5, 0.6) is 11.5 Å². The summed E-state index contributed by atoms with van der Waals surface area (Å²) in [6, 6.07) is 11.3. The van der Waals surface area contributed by atoms with Gasteiger partial charge in [0.1, 0.15) is 0 Å². The molecule has 0 heterocycles. The van der Waals surface area contributed by atoms with Gasteiger partial charge in [-0.15, -0.1) is 0 Å². The second kappa shape index (κ2) is 11.2. The number of para-hydroxylation sites is 1. The van der Waals surface area contributed by atoms with Gasteiger partial charge in [-0.05, 0) is 48.1 Å². The zero-order valence-electron chi connectivity index (χ0n) is 19.8. The summed E-state index contributed by atoms with van der Waals surface area (Å²) in [6.07, 6.45) is 1.85. The van der Waals surface area contributed by atoms with Gasteiger partial charge in [0.25, 0.3) is 0 Å². The van der Waals surface area contributed by atoms with Crippen molar-refractivity contribution in [2.75, 3.05) is 31.3 Å². The SMILES string of the molecule is COc1ccc(CNC(=O)CCCN(c2c(C)cccc2C(C)C)S(C)(=O)=O)cc1OC. The van der Waals surface area contributed by atoms with Crippen LogP contribution in [0.2, 0.25) is 0 Å². The van der Waals surface area contributed by atoms with Crippen molar-refractivity contribution in [3.8, 4) is 11.5 Å². The average molecular weight is 463 g/mol. The first kappa shape index (κ1) is 25.5. The minimum absolute atomic E-state index is 0.137. The van der Waals surface area contributed by atoms with E-state index in [0.717, 1.165) is 22.4 Å². The van der Waals surface area contributed by atoms with E-state index in [4.69, 9.17) is 9.47 Å². The summed E-state index contributed by atoms with van der Waals surface area (Å²) >= 11 is 0. The van der Waals surface area contributed by atoms with E-state index >= 15 is 0 Å². The highest BCUT2D eigenvalue weighted by Gasteiger charge is 2.23. The number of amides is 1. The fourth-order valence-electron chi connectivity index (χ4n) is 3.59. The van der Waals surface area contributed by atoms with Crippen LogP contribution in [0, 0.1) is 6.92 Å². The van der Waals surface area contributed by atoms with Gasteiger partial charge in [-0.1, -0.05) is 38.1 Å². The molecule has 2 aromatic carbocycles. The van der Waals surface area contributed by atoms with Crippen LogP contribution >= 0.6 is 0 Å². The molecule has 7 nitrogen and oxygen atoms in total. The predicted octanol–water partition coefficient (Wildman–Crippen LogP) is 4.00. The largest absolute Gasteiger partial charge is 0.493 e. The summed E-state index contributed by atoms with van der Waals surface area (Å²) in [6.45, 7) is 6.59. The first-order chi connectivity index (χ1) is 15.1. The van der Waals surface area contributed by atoms with Crippen LogP contribution in [-0.4, -0.2) is 41.3 Å². The summed E-state index contributed by atoms with van der Waals surface area (Å²) in [5, 5.41) is 2.88. The molecule has 1 amide bonds. The standard InChI is InChI=1S/C24H34N2O5S/c1-17(2)20-10-7-9-18(3)24(20)26(32(6,28)29)14-8-11-23(27)25-16-19-12-13-21(30-4)22(15-19)31-5/h7,9-10,12-13,15,17H,8,11,14,16H2,1-6H3,(H,25,27). The number of anilines is 1. The first-order valence-electron chi connectivity index (χ1n) is 10.6. The van der Waals surface area contributed by atoms with Gasteiger partial charge in [0, 0.05) is 19.5 Å². The van der Waals surface area contributed by atoms with Gasteiger partial charge in [-0.3, -0.25) is 9.10 Å². The highest BCUT2D eigenvalue weighted by atomic mass is 32.2. The molecule has 0 aliphatic carbocycles. The van der Waals surface area contributed by atoms with Gasteiger partial charge in [0.2, 0.25) is 15.9 Å². The molecule has 0 atom stereocenters. The van der Waals surface area contributed by atoms with Crippen LogP contribution in [0.4, 0.5) is 5.69 Å². The number of nitrogens with one attached hydrogen (secondary N) is 1. The molecule has 0 saturated heterocycles. The van der Waals surface area contributed by atoms with Crippen molar-refractivity contribution in [1.82, 2.24) is 5.32 Å². The third-order valence-electron chi connectivity index (χ3n) is 5.24. The lowest BCUT2D eigenvalue weighted by atomic mass is 9.98. The molecule has 0 bridgehead atoms. The Kier molecular flexibility index (Phi) is 8.95. The maximum atomic E-state index is 12.6. The zero-order chi connectivity index (χ0) is 23.9. The molecule has 2 aromatic rings. The number of carbonyl (C=O) groups excluding carboxylic acids is 1. The number of nitrogens with zero attached hydrogens (tertiary/aromatic N) is 1. The van der Waals surface area contributed by atoms with Crippen molar-refractivity contribution in [2.45, 2.75) is 46.1 Å². The fraction of sp³-hybridized carbons (Fsp3) is 0.458. The minimum atomic E-state index is -3.49. The number of carbonyl (C=O) groups is 1. The van der Waals surface area contributed by atoms with Gasteiger partial charge < -0.3 is 14.8 Å². The summed E-state index contributed by atoms with van der Waals surface area (Å²) < 4.78 is 37.1. The molecular weight excluding hydrogens is 428 g/mol. The van der Waals surface area contributed by atoms with Gasteiger partial charge in [0.05, 0.1) is 26.2 Å². The van der Waals surface area contributed by atoms with E-state index in [-0.39, 0.29) is 24.8 Å². The Balaban J connectivity index is 2.02. The van der Waals surface area contributed by atoms with Crippen LogP contribution < -0.4 is 19.1 Å². The smallest absolute Gasteiger partial charge is 0.232 e.